The van der Waals surface area contributed by atoms with Gasteiger partial charge in [0.25, 0.3) is 5.91 Å². The maximum absolute atomic E-state index is 12.4. The van der Waals surface area contributed by atoms with Gasteiger partial charge in [0.05, 0.1) is 7.11 Å². The van der Waals surface area contributed by atoms with E-state index in [1.807, 2.05) is 36.4 Å². The molecule has 4 nitrogen and oxygen atoms in total. The summed E-state index contributed by atoms with van der Waals surface area (Å²) in [4.78, 5) is 14.8. The van der Waals surface area contributed by atoms with Gasteiger partial charge in [0.1, 0.15) is 5.75 Å². The van der Waals surface area contributed by atoms with Gasteiger partial charge in [-0.1, -0.05) is 30.2 Å². The molecule has 1 unspecified atom stereocenters. The molecule has 0 bridgehead atoms. The predicted molar refractivity (Wildman–Crippen MR) is 106 cm³/mol. The second-order valence-electron chi connectivity index (χ2n) is 6.76. The van der Waals surface area contributed by atoms with Gasteiger partial charge in [0, 0.05) is 28.7 Å². The van der Waals surface area contributed by atoms with Gasteiger partial charge < -0.3 is 15.0 Å². The van der Waals surface area contributed by atoms with E-state index in [1.54, 1.807) is 13.2 Å². The van der Waals surface area contributed by atoms with Crippen LogP contribution in [0.2, 0.25) is 5.02 Å². The number of carbonyl (C=O) groups excluding carboxylic acids is 1. The van der Waals surface area contributed by atoms with Crippen LogP contribution in [0.25, 0.3) is 11.1 Å². The molecule has 1 atom stereocenters. The minimum atomic E-state index is -0.0337. The van der Waals surface area contributed by atoms with Gasteiger partial charge in [0.2, 0.25) is 0 Å². The number of ether oxygens (including phenoxy) is 1. The van der Waals surface area contributed by atoms with E-state index in [-0.39, 0.29) is 5.91 Å². The Morgan fingerprint density at radius 2 is 2.00 bits per heavy atom. The summed E-state index contributed by atoms with van der Waals surface area (Å²) in [5.41, 5.74) is 2.54. The molecule has 1 saturated heterocycles. The fraction of sp³-hybridized carbons (Fsp3) is 0.381. The van der Waals surface area contributed by atoms with Gasteiger partial charge in [-0.25, -0.2) is 0 Å². The Kier molecular flexibility index (Phi) is 6.17. The van der Waals surface area contributed by atoms with E-state index in [9.17, 15) is 4.79 Å². The lowest BCUT2D eigenvalue weighted by Gasteiger charge is -2.32. The normalized spacial score (nSPS) is 17.7. The lowest BCUT2D eigenvalue weighted by molar-refractivity contribution is 0.0928. The molecule has 0 aromatic heterocycles. The van der Waals surface area contributed by atoms with Crippen LogP contribution in [0.3, 0.4) is 0 Å². The zero-order valence-electron chi connectivity index (χ0n) is 15.3. The van der Waals surface area contributed by atoms with Gasteiger partial charge in [-0.2, -0.15) is 0 Å². The maximum atomic E-state index is 12.4. The van der Waals surface area contributed by atoms with Crippen LogP contribution in [0.1, 0.15) is 29.6 Å². The molecule has 1 aliphatic heterocycles. The highest BCUT2D eigenvalue weighted by molar-refractivity contribution is 6.31. The summed E-state index contributed by atoms with van der Waals surface area (Å²) in [6, 6.07) is 13.5. The van der Waals surface area contributed by atoms with Crippen molar-refractivity contribution in [2.75, 3.05) is 27.2 Å². The van der Waals surface area contributed by atoms with Crippen LogP contribution < -0.4 is 10.1 Å². The van der Waals surface area contributed by atoms with Crippen LogP contribution >= 0.6 is 11.6 Å². The molecule has 0 spiro atoms. The Balaban J connectivity index is 1.67. The molecular weight excluding hydrogens is 348 g/mol. The van der Waals surface area contributed by atoms with E-state index in [1.165, 1.54) is 12.8 Å². The molecule has 26 heavy (non-hydrogen) atoms. The second kappa shape index (κ2) is 8.56. The molecule has 1 heterocycles. The van der Waals surface area contributed by atoms with Gasteiger partial charge in [-0.15, -0.1) is 0 Å². The van der Waals surface area contributed by atoms with E-state index >= 15 is 0 Å². The number of benzene rings is 2. The third-order valence-corrected chi connectivity index (χ3v) is 5.27. The summed E-state index contributed by atoms with van der Waals surface area (Å²) in [7, 11) is 3.76. The number of rotatable bonds is 5. The van der Waals surface area contributed by atoms with E-state index < -0.39 is 0 Å². The molecule has 1 N–H and O–H groups in total. The fourth-order valence-electron chi connectivity index (χ4n) is 3.42. The molecule has 1 fully saturated rings. The third-order valence-electron chi connectivity index (χ3n) is 5.04. The van der Waals surface area contributed by atoms with Crippen molar-refractivity contribution in [1.82, 2.24) is 10.2 Å². The predicted octanol–water partition coefficient (Wildman–Crippen LogP) is 4.23. The molecule has 2 aromatic rings. The average molecular weight is 373 g/mol. The molecule has 2 aromatic carbocycles. The van der Waals surface area contributed by atoms with Crippen molar-refractivity contribution in [3.63, 3.8) is 0 Å². The monoisotopic (exact) mass is 372 g/mol. The Morgan fingerprint density at radius 1 is 1.23 bits per heavy atom. The number of halogens is 1. The minimum absolute atomic E-state index is 0.0337. The first kappa shape index (κ1) is 18.7. The zero-order valence-corrected chi connectivity index (χ0v) is 16.1. The largest absolute Gasteiger partial charge is 0.496 e. The number of nitrogens with one attached hydrogen (secondary N) is 1. The summed E-state index contributed by atoms with van der Waals surface area (Å²) in [6.07, 6.45) is 3.63. The lowest BCUT2D eigenvalue weighted by atomic mass is 10.0. The van der Waals surface area contributed by atoms with Gasteiger partial charge >= 0.3 is 0 Å². The molecule has 1 aliphatic rings. The second-order valence-corrected chi connectivity index (χ2v) is 7.20. The molecule has 1 amide bonds. The number of likely N-dealkylation sites (N-methyl/N-ethyl adjacent to an activating group) is 1. The first-order valence-electron chi connectivity index (χ1n) is 9.01. The smallest absolute Gasteiger partial charge is 0.251 e. The quantitative estimate of drug-likeness (QED) is 0.853. The number of amides is 1. The highest BCUT2D eigenvalue weighted by Crippen LogP contribution is 2.32. The number of methoxy groups -OCH3 is 1. The fourth-order valence-corrected chi connectivity index (χ4v) is 3.59. The summed E-state index contributed by atoms with van der Waals surface area (Å²) < 4.78 is 5.41. The number of likely N-dealkylation sites (tertiary alicyclic amines) is 1. The van der Waals surface area contributed by atoms with Crippen LogP contribution in [-0.4, -0.2) is 44.1 Å². The molecular formula is C21H25ClN2O2. The number of nitrogens with zero attached hydrogens (tertiary/aromatic N) is 1. The van der Waals surface area contributed by atoms with Crippen molar-refractivity contribution in [2.24, 2.45) is 0 Å². The highest BCUT2D eigenvalue weighted by atomic mass is 35.5. The van der Waals surface area contributed by atoms with Crippen molar-refractivity contribution in [3.05, 3.63) is 53.1 Å². The first-order chi connectivity index (χ1) is 12.6. The molecule has 138 valence electrons. The summed E-state index contributed by atoms with van der Waals surface area (Å²) in [6.45, 7) is 1.80. The van der Waals surface area contributed by atoms with Gasteiger partial charge in [-0.05, 0) is 62.3 Å². The molecule has 5 heteroatoms. The molecule has 0 radical (unpaired) electrons. The van der Waals surface area contributed by atoms with Gasteiger partial charge in [-0.3, -0.25) is 4.79 Å². The van der Waals surface area contributed by atoms with Crippen LogP contribution in [-0.2, 0) is 0 Å². The summed E-state index contributed by atoms with van der Waals surface area (Å²) >= 11 is 6.11. The summed E-state index contributed by atoms with van der Waals surface area (Å²) in [5.74, 6) is 0.723. The van der Waals surface area contributed by atoms with Crippen LogP contribution in [0.5, 0.6) is 5.75 Å². The van der Waals surface area contributed by atoms with Crippen molar-refractivity contribution >= 4 is 17.5 Å². The Hall–Kier alpha value is -2.04. The van der Waals surface area contributed by atoms with Crippen molar-refractivity contribution in [3.8, 4) is 16.9 Å². The van der Waals surface area contributed by atoms with E-state index in [0.717, 1.165) is 29.8 Å². The average Bonchev–Trinajstić information content (AvgIpc) is 2.67. The standard InChI is InChI=1S/C21H25ClN2O2/c1-24-12-4-3-5-18(24)14-23-21(25)16-8-6-15(7-9-16)19-13-17(22)10-11-20(19)26-2/h6-11,13,18H,3-5,12,14H2,1-2H3,(H,23,25). The van der Waals surface area contributed by atoms with Crippen molar-refractivity contribution < 1.29 is 9.53 Å². The topological polar surface area (TPSA) is 41.6 Å². The van der Waals surface area contributed by atoms with E-state index in [4.69, 9.17) is 16.3 Å². The van der Waals surface area contributed by atoms with Crippen molar-refractivity contribution in [1.29, 1.82) is 0 Å². The van der Waals surface area contributed by atoms with Crippen LogP contribution in [0, 0.1) is 0 Å². The SMILES string of the molecule is COc1ccc(Cl)cc1-c1ccc(C(=O)NCC2CCCCN2C)cc1. The molecule has 0 aliphatic carbocycles. The Labute approximate surface area is 160 Å². The number of carbonyl (C=O) groups is 1. The Bertz CT molecular complexity index is 761. The van der Waals surface area contributed by atoms with E-state index in [2.05, 4.69) is 17.3 Å². The highest BCUT2D eigenvalue weighted by Gasteiger charge is 2.19. The van der Waals surface area contributed by atoms with Crippen molar-refractivity contribution in [2.45, 2.75) is 25.3 Å². The number of piperidine rings is 1. The number of hydrogen-bond donors (Lipinski definition) is 1. The zero-order chi connectivity index (χ0) is 18.5. The van der Waals surface area contributed by atoms with Crippen LogP contribution in [0.15, 0.2) is 42.5 Å². The minimum Gasteiger partial charge on any atom is -0.496 e. The van der Waals surface area contributed by atoms with E-state index in [0.29, 0.717) is 23.2 Å². The number of hydrogen-bond acceptors (Lipinski definition) is 3. The lowest BCUT2D eigenvalue weighted by Crippen LogP contribution is -2.44. The summed E-state index contributed by atoms with van der Waals surface area (Å²) in [5, 5.41) is 3.72. The first-order valence-corrected chi connectivity index (χ1v) is 9.38. The van der Waals surface area contributed by atoms with Gasteiger partial charge in [0.15, 0.2) is 0 Å². The third kappa shape index (κ3) is 4.37. The maximum Gasteiger partial charge on any atom is 0.251 e. The Morgan fingerprint density at radius 3 is 2.69 bits per heavy atom. The molecule has 0 saturated carbocycles. The van der Waals surface area contributed by atoms with Crippen LogP contribution in [0.4, 0.5) is 0 Å². The molecule has 3 rings (SSSR count).